The van der Waals surface area contributed by atoms with Crippen molar-refractivity contribution in [1.29, 1.82) is 0 Å². The molecule has 40 heavy (non-hydrogen) atoms. The first-order chi connectivity index (χ1) is 19.0. The Bertz CT molecular complexity index is 1200. The summed E-state index contributed by atoms with van der Waals surface area (Å²) in [7, 11) is 0. The SMILES string of the molecule is CCCc1ccc(C(=O)N2CCC3(CC2)CN(Cc2cccnc2)CC32CCNC2=O)cc1.O=C(O)C(F)(F)F. The van der Waals surface area contributed by atoms with Gasteiger partial charge in [0.2, 0.25) is 5.91 Å². The Labute approximate surface area is 231 Å². The van der Waals surface area contributed by atoms with Crippen LogP contribution in [0.25, 0.3) is 0 Å². The van der Waals surface area contributed by atoms with Gasteiger partial charge in [-0.05, 0) is 55.0 Å². The highest BCUT2D eigenvalue weighted by Gasteiger charge is 2.63. The summed E-state index contributed by atoms with van der Waals surface area (Å²) >= 11 is 0. The third-order valence-corrected chi connectivity index (χ3v) is 8.43. The lowest BCUT2D eigenvalue weighted by Crippen LogP contribution is -2.53. The molecule has 2 aromatic rings. The Kier molecular flexibility index (Phi) is 8.82. The molecular formula is C29H35F3N4O4. The Morgan fingerprint density at radius 3 is 2.25 bits per heavy atom. The lowest BCUT2D eigenvalue weighted by molar-refractivity contribution is -0.192. The maximum atomic E-state index is 13.2. The van der Waals surface area contributed by atoms with E-state index in [9.17, 15) is 22.8 Å². The van der Waals surface area contributed by atoms with E-state index in [1.807, 2.05) is 29.3 Å². The van der Waals surface area contributed by atoms with Crippen molar-refractivity contribution < 1.29 is 32.7 Å². The van der Waals surface area contributed by atoms with E-state index in [-0.39, 0.29) is 22.6 Å². The number of piperidine rings is 1. The Balaban J connectivity index is 0.000000470. The number of nitrogens with zero attached hydrogens (tertiary/aromatic N) is 3. The molecule has 8 nitrogen and oxygen atoms in total. The van der Waals surface area contributed by atoms with Crippen molar-refractivity contribution in [1.82, 2.24) is 20.1 Å². The van der Waals surface area contributed by atoms with Crippen molar-refractivity contribution in [2.75, 3.05) is 32.7 Å². The van der Waals surface area contributed by atoms with E-state index >= 15 is 0 Å². The second-order valence-electron chi connectivity index (χ2n) is 10.9. The number of aromatic nitrogens is 1. The van der Waals surface area contributed by atoms with E-state index < -0.39 is 12.1 Å². The van der Waals surface area contributed by atoms with Gasteiger partial charge in [0.15, 0.2) is 0 Å². The molecule has 2 amide bonds. The molecule has 3 aliphatic heterocycles. The summed E-state index contributed by atoms with van der Waals surface area (Å²) in [6.45, 7) is 6.87. The fourth-order valence-electron chi connectivity index (χ4n) is 6.44. The summed E-state index contributed by atoms with van der Waals surface area (Å²) in [5.74, 6) is -2.43. The predicted octanol–water partition coefficient (Wildman–Crippen LogP) is 3.91. The largest absolute Gasteiger partial charge is 0.490 e. The lowest BCUT2D eigenvalue weighted by Gasteiger charge is -2.46. The number of fused-ring (bicyclic) bond motifs is 1. The number of aryl methyl sites for hydroxylation is 1. The lowest BCUT2D eigenvalue weighted by atomic mass is 9.60. The summed E-state index contributed by atoms with van der Waals surface area (Å²) in [6, 6.07) is 12.2. The highest BCUT2D eigenvalue weighted by Crippen LogP contribution is 2.56. The number of hydrogen-bond donors (Lipinski definition) is 2. The fraction of sp³-hybridized carbons (Fsp3) is 0.517. The normalized spacial score (nSPS) is 22.2. The summed E-state index contributed by atoms with van der Waals surface area (Å²) in [5, 5.41) is 10.3. The highest BCUT2D eigenvalue weighted by atomic mass is 19.4. The second kappa shape index (κ2) is 12.0. The zero-order valence-electron chi connectivity index (χ0n) is 22.5. The van der Waals surface area contributed by atoms with Gasteiger partial charge in [0.1, 0.15) is 0 Å². The average molecular weight is 561 g/mol. The Morgan fingerprint density at radius 2 is 1.73 bits per heavy atom. The number of carboxylic acid groups (broad SMARTS) is 1. The molecule has 5 rings (SSSR count). The minimum atomic E-state index is -5.08. The van der Waals surface area contributed by atoms with Crippen molar-refractivity contribution in [2.45, 2.75) is 51.7 Å². The van der Waals surface area contributed by atoms with Gasteiger partial charge in [0, 0.05) is 62.6 Å². The van der Waals surface area contributed by atoms with Crippen LogP contribution in [0, 0.1) is 10.8 Å². The minimum Gasteiger partial charge on any atom is -0.475 e. The first-order valence-corrected chi connectivity index (χ1v) is 13.6. The Hall–Kier alpha value is -3.47. The van der Waals surface area contributed by atoms with Gasteiger partial charge >= 0.3 is 12.1 Å². The number of hydrogen-bond acceptors (Lipinski definition) is 5. The number of nitrogens with one attached hydrogen (secondary N) is 1. The summed E-state index contributed by atoms with van der Waals surface area (Å²) in [6.07, 6.45) is 3.43. The summed E-state index contributed by atoms with van der Waals surface area (Å²) < 4.78 is 31.7. The van der Waals surface area contributed by atoms with Gasteiger partial charge in [-0.15, -0.1) is 0 Å². The molecule has 3 aliphatic rings. The molecule has 2 N–H and O–H groups in total. The molecule has 2 spiro atoms. The number of amides is 2. The molecule has 1 atom stereocenters. The molecule has 1 unspecified atom stereocenters. The molecular weight excluding hydrogens is 525 g/mol. The molecule has 0 radical (unpaired) electrons. The van der Waals surface area contributed by atoms with Crippen LogP contribution in [0.15, 0.2) is 48.8 Å². The van der Waals surface area contributed by atoms with Crippen LogP contribution < -0.4 is 5.32 Å². The molecule has 216 valence electrons. The van der Waals surface area contributed by atoms with E-state index in [4.69, 9.17) is 9.90 Å². The maximum absolute atomic E-state index is 13.2. The van der Waals surface area contributed by atoms with Gasteiger partial charge in [-0.1, -0.05) is 31.5 Å². The van der Waals surface area contributed by atoms with Crippen molar-refractivity contribution in [3.05, 3.63) is 65.5 Å². The number of rotatable bonds is 5. The van der Waals surface area contributed by atoms with E-state index in [0.29, 0.717) is 13.1 Å². The van der Waals surface area contributed by atoms with E-state index in [2.05, 4.69) is 40.3 Å². The van der Waals surface area contributed by atoms with E-state index in [0.717, 1.165) is 63.8 Å². The summed E-state index contributed by atoms with van der Waals surface area (Å²) in [4.78, 5) is 43.9. The summed E-state index contributed by atoms with van der Waals surface area (Å²) in [5.41, 5.74) is 2.82. The molecule has 0 bridgehead atoms. The van der Waals surface area contributed by atoms with Crippen LogP contribution in [-0.2, 0) is 22.6 Å². The number of alkyl halides is 3. The molecule has 11 heteroatoms. The number of likely N-dealkylation sites (tertiary alicyclic amines) is 2. The second-order valence-corrected chi connectivity index (χ2v) is 10.9. The molecule has 1 aromatic carbocycles. The first kappa shape index (κ1) is 29.5. The van der Waals surface area contributed by atoms with Gasteiger partial charge in [-0.25, -0.2) is 4.79 Å². The number of halogens is 3. The van der Waals surface area contributed by atoms with Gasteiger partial charge in [0.25, 0.3) is 5.91 Å². The van der Waals surface area contributed by atoms with Gasteiger partial charge < -0.3 is 15.3 Å². The Morgan fingerprint density at radius 1 is 1.05 bits per heavy atom. The molecule has 3 fully saturated rings. The maximum Gasteiger partial charge on any atom is 0.490 e. The topological polar surface area (TPSA) is 103 Å². The monoisotopic (exact) mass is 560 g/mol. The molecule has 0 saturated carbocycles. The van der Waals surface area contributed by atoms with E-state index in [1.165, 1.54) is 11.1 Å². The quantitative estimate of drug-likeness (QED) is 0.575. The molecule has 0 aliphatic carbocycles. The standard InChI is InChI=1S/C27H34N4O2.C2HF3O2/c1-2-4-21-6-8-23(9-7-21)24(32)31-15-11-26(12-16-31)19-30(18-22-5-3-13-28-17-22)20-27(26)10-14-29-25(27)33;3-2(4,5)1(6)7/h3,5-9,13,17H,2,4,10-12,14-16,18-20H2,1H3,(H,29,33);(H,6,7). The van der Waals surface area contributed by atoms with Gasteiger partial charge in [0.05, 0.1) is 5.41 Å². The van der Waals surface area contributed by atoms with Crippen molar-refractivity contribution >= 4 is 17.8 Å². The zero-order valence-corrected chi connectivity index (χ0v) is 22.5. The van der Waals surface area contributed by atoms with Crippen molar-refractivity contribution in [3.8, 4) is 0 Å². The van der Waals surface area contributed by atoms with Gasteiger partial charge in [-0.2, -0.15) is 13.2 Å². The van der Waals surface area contributed by atoms with Crippen molar-refractivity contribution in [2.24, 2.45) is 10.8 Å². The molecule has 3 saturated heterocycles. The number of pyridine rings is 1. The third-order valence-electron chi connectivity index (χ3n) is 8.43. The third kappa shape index (κ3) is 6.14. The zero-order chi connectivity index (χ0) is 29.0. The van der Waals surface area contributed by atoms with Crippen LogP contribution in [-0.4, -0.2) is 76.6 Å². The van der Waals surface area contributed by atoms with Crippen LogP contribution in [0.4, 0.5) is 13.2 Å². The first-order valence-electron chi connectivity index (χ1n) is 13.6. The van der Waals surface area contributed by atoms with Crippen LogP contribution >= 0.6 is 0 Å². The number of benzene rings is 1. The van der Waals surface area contributed by atoms with Crippen LogP contribution in [0.2, 0.25) is 0 Å². The number of carbonyl (C=O) groups is 3. The smallest absolute Gasteiger partial charge is 0.475 e. The molecule has 1 aromatic heterocycles. The number of aliphatic carboxylic acids is 1. The average Bonchev–Trinajstić information content (AvgIpc) is 3.44. The fourth-order valence-corrected chi connectivity index (χ4v) is 6.44. The number of carbonyl (C=O) groups excluding carboxylic acids is 2. The van der Waals surface area contributed by atoms with Crippen LogP contribution in [0.5, 0.6) is 0 Å². The van der Waals surface area contributed by atoms with Crippen LogP contribution in [0.1, 0.15) is 54.1 Å². The van der Waals surface area contributed by atoms with Crippen molar-refractivity contribution in [3.63, 3.8) is 0 Å². The van der Waals surface area contributed by atoms with Gasteiger partial charge in [-0.3, -0.25) is 19.5 Å². The predicted molar refractivity (Wildman–Crippen MR) is 141 cm³/mol. The van der Waals surface area contributed by atoms with Crippen LogP contribution in [0.3, 0.4) is 0 Å². The highest BCUT2D eigenvalue weighted by molar-refractivity contribution is 5.94. The van der Waals surface area contributed by atoms with E-state index in [1.54, 1.807) is 6.20 Å². The number of carboxylic acids is 1. The molecule has 4 heterocycles. The minimum absolute atomic E-state index is 0.0719.